The van der Waals surface area contributed by atoms with E-state index in [9.17, 15) is 19.5 Å². The highest BCUT2D eigenvalue weighted by Crippen LogP contribution is 2.53. The number of amides is 2. The molecule has 0 radical (unpaired) electrons. The van der Waals surface area contributed by atoms with Crippen LogP contribution in [0, 0.1) is 0 Å². The van der Waals surface area contributed by atoms with Crippen LogP contribution < -0.4 is 14.4 Å². The van der Waals surface area contributed by atoms with Crippen molar-refractivity contribution in [3.63, 3.8) is 0 Å². The van der Waals surface area contributed by atoms with Crippen molar-refractivity contribution >= 4 is 29.0 Å². The molecular weight excluding hydrogens is 438 g/mol. The predicted octanol–water partition coefficient (Wildman–Crippen LogP) is 1.57. The number of ketones is 1. The first kappa shape index (κ1) is 22.0. The number of carbonyl (C=O) groups excluding carboxylic acids is 3. The lowest BCUT2D eigenvalue weighted by molar-refractivity contribution is -0.143. The minimum atomic E-state index is -1.76. The van der Waals surface area contributed by atoms with E-state index in [4.69, 9.17) is 9.47 Å². The van der Waals surface area contributed by atoms with Gasteiger partial charge < -0.3 is 29.3 Å². The third-order valence-electron chi connectivity index (χ3n) is 6.53. The molecular formula is C25H25N3O6. The van der Waals surface area contributed by atoms with Gasteiger partial charge in [0.1, 0.15) is 19.0 Å². The van der Waals surface area contributed by atoms with E-state index < -0.39 is 28.9 Å². The van der Waals surface area contributed by atoms with Crippen LogP contribution in [0.1, 0.15) is 11.1 Å². The fourth-order valence-corrected chi connectivity index (χ4v) is 4.91. The highest BCUT2D eigenvalue weighted by atomic mass is 16.6. The molecule has 9 heteroatoms. The number of rotatable bonds is 4. The van der Waals surface area contributed by atoms with Crippen molar-refractivity contribution in [3.8, 4) is 11.5 Å². The van der Waals surface area contributed by atoms with Crippen LogP contribution >= 0.6 is 0 Å². The van der Waals surface area contributed by atoms with Gasteiger partial charge in [0.25, 0.3) is 17.6 Å². The molecule has 3 aliphatic heterocycles. The number of likely N-dealkylation sites (N-methyl/N-ethyl adjacent to an activating group) is 2. The Balaban J connectivity index is 1.77. The lowest BCUT2D eigenvalue weighted by Gasteiger charge is -2.34. The van der Waals surface area contributed by atoms with Gasteiger partial charge in [-0.2, -0.15) is 0 Å². The summed E-state index contributed by atoms with van der Waals surface area (Å²) in [5, 5.41) is 11.5. The molecule has 0 saturated carbocycles. The van der Waals surface area contributed by atoms with Gasteiger partial charge in [-0.05, 0) is 38.4 Å². The molecule has 1 fully saturated rings. The summed E-state index contributed by atoms with van der Waals surface area (Å²) in [7, 11) is 5.29. The SMILES string of the molecule is CN(C)CCN1C(=O)C(=O)/C(=C(\O)c2ccc3c(c2)OCCO3)C12C(=O)N(C)c1ccccc12. The smallest absolute Gasteiger partial charge is 0.296 e. The number of Topliss-reactive ketones (excluding diaryl/α,β-unsaturated/α-hetero) is 1. The summed E-state index contributed by atoms with van der Waals surface area (Å²) >= 11 is 0. The highest BCUT2D eigenvalue weighted by molar-refractivity contribution is 6.50. The Hall–Kier alpha value is -3.85. The molecule has 3 heterocycles. The topological polar surface area (TPSA) is 99.6 Å². The number of anilines is 1. The van der Waals surface area contributed by atoms with Crippen LogP contribution in [-0.4, -0.2) is 80.0 Å². The number of hydrogen-bond acceptors (Lipinski definition) is 7. The molecule has 2 aromatic carbocycles. The van der Waals surface area contributed by atoms with Crippen LogP contribution in [0.3, 0.4) is 0 Å². The average Bonchev–Trinajstić information content (AvgIpc) is 3.20. The minimum absolute atomic E-state index is 0.128. The molecule has 2 amide bonds. The van der Waals surface area contributed by atoms with Crippen LogP contribution in [0.2, 0.25) is 0 Å². The van der Waals surface area contributed by atoms with E-state index in [1.807, 2.05) is 19.0 Å². The van der Waals surface area contributed by atoms with E-state index in [0.29, 0.717) is 42.5 Å². The van der Waals surface area contributed by atoms with Gasteiger partial charge in [-0.1, -0.05) is 18.2 Å². The summed E-state index contributed by atoms with van der Waals surface area (Å²) < 4.78 is 11.2. The van der Waals surface area contributed by atoms with E-state index in [-0.39, 0.29) is 17.7 Å². The van der Waals surface area contributed by atoms with Crippen LogP contribution in [0.4, 0.5) is 5.69 Å². The lowest BCUT2D eigenvalue weighted by atomic mass is 9.82. The molecule has 0 bridgehead atoms. The first-order valence-corrected chi connectivity index (χ1v) is 11.0. The first-order chi connectivity index (χ1) is 16.3. The normalized spacial score (nSPS) is 22.8. The monoisotopic (exact) mass is 463 g/mol. The molecule has 1 saturated heterocycles. The quantitative estimate of drug-likeness (QED) is 0.417. The Kier molecular flexibility index (Phi) is 5.09. The van der Waals surface area contributed by atoms with Gasteiger partial charge in [0.05, 0.1) is 5.57 Å². The zero-order valence-corrected chi connectivity index (χ0v) is 19.2. The molecule has 3 aliphatic rings. The van der Waals surface area contributed by atoms with E-state index in [0.717, 1.165) is 0 Å². The largest absolute Gasteiger partial charge is 0.507 e. The third kappa shape index (κ3) is 2.93. The van der Waals surface area contributed by atoms with Crippen molar-refractivity contribution in [3.05, 3.63) is 59.2 Å². The number of aliphatic hydroxyl groups is 1. The number of para-hydroxylation sites is 1. The molecule has 2 aromatic rings. The minimum Gasteiger partial charge on any atom is -0.507 e. The standard InChI is InChI=1S/C25H25N3O6/c1-26(2)10-11-28-23(31)22(30)20(21(29)15-8-9-18-19(14-15)34-13-12-33-18)25(28)16-6-4-5-7-17(16)27(3)24(25)32/h4-9,14,29H,10-13H2,1-3H3/b21-20+. The van der Waals surface area contributed by atoms with E-state index in [1.165, 1.54) is 9.80 Å². The number of likely N-dealkylation sites (tertiary alicyclic amines) is 1. The molecule has 9 nitrogen and oxygen atoms in total. The first-order valence-electron chi connectivity index (χ1n) is 11.0. The van der Waals surface area contributed by atoms with Gasteiger partial charge in [-0.15, -0.1) is 0 Å². The molecule has 34 heavy (non-hydrogen) atoms. The number of nitrogens with zero attached hydrogens (tertiary/aromatic N) is 3. The number of carbonyl (C=O) groups is 3. The van der Waals surface area contributed by atoms with Crippen molar-refractivity contribution in [1.82, 2.24) is 9.80 Å². The Labute approximate surface area is 196 Å². The number of ether oxygens (including phenoxy) is 2. The van der Waals surface area contributed by atoms with Crippen molar-refractivity contribution < 1.29 is 29.0 Å². The molecule has 0 aliphatic carbocycles. The van der Waals surface area contributed by atoms with Gasteiger partial charge in [-0.3, -0.25) is 14.4 Å². The van der Waals surface area contributed by atoms with Crippen molar-refractivity contribution in [2.24, 2.45) is 0 Å². The van der Waals surface area contributed by atoms with Crippen molar-refractivity contribution in [1.29, 1.82) is 0 Å². The number of hydrogen-bond donors (Lipinski definition) is 1. The van der Waals surface area contributed by atoms with Crippen LogP contribution in [0.15, 0.2) is 48.0 Å². The molecule has 0 aromatic heterocycles. The maximum Gasteiger partial charge on any atom is 0.296 e. The third-order valence-corrected chi connectivity index (χ3v) is 6.53. The van der Waals surface area contributed by atoms with E-state index in [1.54, 1.807) is 49.5 Å². The Morgan fingerprint density at radius 1 is 1.06 bits per heavy atom. The molecule has 1 spiro atoms. The van der Waals surface area contributed by atoms with Crippen molar-refractivity contribution in [2.75, 3.05) is 52.3 Å². The maximum absolute atomic E-state index is 13.9. The molecule has 1 atom stereocenters. The lowest BCUT2D eigenvalue weighted by Crippen LogP contribution is -2.52. The maximum atomic E-state index is 13.9. The Morgan fingerprint density at radius 3 is 2.50 bits per heavy atom. The summed E-state index contributed by atoms with van der Waals surface area (Å²) in [6, 6.07) is 11.8. The Bertz CT molecular complexity index is 1250. The zero-order valence-electron chi connectivity index (χ0n) is 19.2. The summed E-state index contributed by atoms with van der Waals surface area (Å²) in [6.45, 7) is 1.32. The van der Waals surface area contributed by atoms with Gasteiger partial charge in [0, 0.05) is 37.0 Å². The summed E-state index contributed by atoms with van der Waals surface area (Å²) in [5.74, 6) is -1.68. The summed E-state index contributed by atoms with van der Waals surface area (Å²) in [6.07, 6.45) is 0. The number of fused-ring (bicyclic) bond motifs is 3. The van der Waals surface area contributed by atoms with Crippen LogP contribution in [0.5, 0.6) is 11.5 Å². The van der Waals surface area contributed by atoms with Gasteiger partial charge >= 0.3 is 0 Å². The molecule has 1 N–H and O–H groups in total. The number of aliphatic hydroxyl groups excluding tert-OH is 1. The molecule has 176 valence electrons. The highest BCUT2D eigenvalue weighted by Gasteiger charge is 2.66. The van der Waals surface area contributed by atoms with Gasteiger partial charge in [0.2, 0.25) is 0 Å². The van der Waals surface area contributed by atoms with Gasteiger partial charge in [0.15, 0.2) is 17.0 Å². The zero-order chi connectivity index (χ0) is 24.2. The van der Waals surface area contributed by atoms with Gasteiger partial charge in [-0.25, -0.2) is 0 Å². The second-order valence-electron chi connectivity index (χ2n) is 8.76. The summed E-state index contributed by atoms with van der Waals surface area (Å²) in [5.41, 5.74) is -0.673. The average molecular weight is 463 g/mol. The second-order valence-corrected chi connectivity index (χ2v) is 8.76. The van der Waals surface area contributed by atoms with E-state index >= 15 is 0 Å². The molecule has 5 rings (SSSR count). The number of benzene rings is 2. The van der Waals surface area contributed by atoms with Crippen LogP contribution in [0.25, 0.3) is 5.76 Å². The Morgan fingerprint density at radius 2 is 1.76 bits per heavy atom. The summed E-state index contributed by atoms with van der Waals surface area (Å²) in [4.78, 5) is 45.2. The second kappa shape index (κ2) is 7.88. The van der Waals surface area contributed by atoms with Crippen molar-refractivity contribution in [2.45, 2.75) is 5.54 Å². The predicted molar refractivity (Wildman–Crippen MR) is 124 cm³/mol. The fraction of sp³-hybridized carbons (Fsp3) is 0.320. The van der Waals surface area contributed by atoms with Crippen LogP contribution in [-0.2, 0) is 19.9 Å². The molecule has 1 unspecified atom stereocenters. The van der Waals surface area contributed by atoms with E-state index in [2.05, 4.69) is 0 Å². The fourth-order valence-electron chi connectivity index (χ4n) is 4.91.